The molecule has 0 amide bonds. The number of anilines is 1. The number of rotatable bonds is 6. The van der Waals surface area contributed by atoms with E-state index in [2.05, 4.69) is 47.5 Å². The second kappa shape index (κ2) is 8.26. The number of likely N-dealkylation sites (tertiary alicyclic amines) is 1. The fourth-order valence-corrected chi connectivity index (χ4v) is 3.44. The van der Waals surface area contributed by atoms with Crippen LogP contribution >= 0.6 is 0 Å². The number of methoxy groups -OCH3 is 2. The van der Waals surface area contributed by atoms with Crippen molar-refractivity contribution in [1.82, 2.24) is 4.90 Å². The van der Waals surface area contributed by atoms with E-state index in [1.165, 1.54) is 16.8 Å². The zero-order valence-corrected chi connectivity index (χ0v) is 15.4. The van der Waals surface area contributed by atoms with Crippen LogP contribution in [0.4, 0.5) is 5.69 Å². The molecule has 0 unspecified atom stereocenters. The molecule has 4 heteroatoms. The molecular formula is C21H28N2O2. The molecule has 4 nitrogen and oxygen atoms in total. The summed E-state index contributed by atoms with van der Waals surface area (Å²) >= 11 is 0. The van der Waals surface area contributed by atoms with Gasteiger partial charge in [-0.25, -0.2) is 0 Å². The summed E-state index contributed by atoms with van der Waals surface area (Å²) in [5.41, 5.74) is 3.76. The summed E-state index contributed by atoms with van der Waals surface area (Å²) in [5.74, 6) is 1.81. The first-order chi connectivity index (χ1) is 12.2. The molecule has 0 radical (unpaired) electrons. The predicted octanol–water partition coefficient (Wildman–Crippen LogP) is 4.09. The Labute approximate surface area is 150 Å². The molecule has 1 saturated heterocycles. The van der Waals surface area contributed by atoms with Gasteiger partial charge in [0.15, 0.2) is 0 Å². The number of hydrogen-bond acceptors (Lipinski definition) is 4. The Bertz CT molecular complexity index is 694. The van der Waals surface area contributed by atoms with Crippen molar-refractivity contribution >= 4 is 5.69 Å². The van der Waals surface area contributed by atoms with Crippen LogP contribution in [0.25, 0.3) is 0 Å². The molecule has 134 valence electrons. The molecule has 25 heavy (non-hydrogen) atoms. The molecule has 0 bridgehead atoms. The summed E-state index contributed by atoms with van der Waals surface area (Å²) in [6, 6.07) is 15.1. The van der Waals surface area contributed by atoms with Gasteiger partial charge in [0.2, 0.25) is 0 Å². The summed E-state index contributed by atoms with van der Waals surface area (Å²) < 4.78 is 10.9. The van der Waals surface area contributed by atoms with Crippen molar-refractivity contribution in [3.8, 4) is 11.5 Å². The maximum atomic E-state index is 5.51. The molecule has 1 aliphatic rings. The molecule has 2 aromatic rings. The molecule has 0 atom stereocenters. The van der Waals surface area contributed by atoms with Gasteiger partial charge in [-0.15, -0.1) is 0 Å². The van der Waals surface area contributed by atoms with Gasteiger partial charge in [0.1, 0.15) is 11.5 Å². The Morgan fingerprint density at radius 1 is 1.04 bits per heavy atom. The van der Waals surface area contributed by atoms with Crippen molar-refractivity contribution in [2.75, 3.05) is 32.6 Å². The molecule has 1 fully saturated rings. The van der Waals surface area contributed by atoms with E-state index in [-0.39, 0.29) is 0 Å². The highest BCUT2D eigenvalue weighted by atomic mass is 16.5. The molecular weight excluding hydrogens is 312 g/mol. The Kier molecular flexibility index (Phi) is 5.82. The predicted molar refractivity (Wildman–Crippen MR) is 103 cm³/mol. The number of para-hydroxylation sites is 1. The van der Waals surface area contributed by atoms with Gasteiger partial charge in [0, 0.05) is 36.9 Å². The highest BCUT2D eigenvalue weighted by Crippen LogP contribution is 2.27. The van der Waals surface area contributed by atoms with Crippen molar-refractivity contribution in [2.24, 2.45) is 0 Å². The van der Waals surface area contributed by atoms with Gasteiger partial charge in [0.05, 0.1) is 14.2 Å². The van der Waals surface area contributed by atoms with E-state index in [4.69, 9.17) is 9.47 Å². The van der Waals surface area contributed by atoms with Crippen LogP contribution < -0.4 is 14.8 Å². The molecule has 1 heterocycles. The second-order valence-corrected chi connectivity index (χ2v) is 6.69. The molecule has 1 aliphatic heterocycles. The first kappa shape index (κ1) is 17.6. The quantitative estimate of drug-likeness (QED) is 0.859. The van der Waals surface area contributed by atoms with E-state index in [0.29, 0.717) is 6.04 Å². The fourth-order valence-electron chi connectivity index (χ4n) is 3.44. The molecule has 3 rings (SSSR count). The third-order valence-electron chi connectivity index (χ3n) is 4.97. The zero-order valence-electron chi connectivity index (χ0n) is 15.4. The van der Waals surface area contributed by atoms with Gasteiger partial charge in [-0.2, -0.15) is 0 Å². The smallest absolute Gasteiger partial charge is 0.123 e. The molecule has 0 aromatic heterocycles. The highest BCUT2D eigenvalue weighted by Gasteiger charge is 2.20. The third kappa shape index (κ3) is 4.45. The summed E-state index contributed by atoms with van der Waals surface area (Å²) in [6.45, 7) is 5.23. The monoisotopic (exact) mass is 340 g/mol. The van der Waals surface area contributed by atoms with Crippen LogP contribution in [0, 0.1) is 6.92 Å². The van der Waals surface area contributed by atoms with E-state index < -0.39 is 0 Å². The number of aryl methyl sites for hydroxylation is 1. The van der Waals surface area contributed by atoms with Gasteiger partial charge in [-0.1, -0.05) is 18.2 Å². The van der Waals surface area contributed by atoms with E-state index >= 15 is 0 Å². The van der Waals surface area contributed by atoms with E-state index in [9.17, 15) is 0 Å². The van der Waals surface area contributed by atoms with Crippen LogP contribution in [0.5, 0.6) is 11.5 Å². The average Bonchev–Trinajstić information content (AvgIpc) is 2.65. The van der Waals surface area contributed by atoms with Gasteiger partial charge in [-0.05, 0) is 49.6 Å². The molecule has 0 saturated carbocycles. The number of ether oxygens (including phenoxy) is 2. The number of piperidine rings is 1. The van der Waals surface area contributed by atoms with Crippen LogP contribution in [0.1, 0.15) is 24.0 Å². The minimum absolute atomic E-state index is 0.546. The maximum Gasteiger partial charge on any atom is 0.123 e. The summed E-state index contributed by atoms with van der Waals surface area (Å²) in [6.07, 6.45) is 2.31. The minimum atomic E-state index is 0.546. The lowest BCUT2D eigenvalue weighted by molar-refractivity contribution is 0.208. The standard InChI is InChI=1S/C21H28N2O2/c1-16-6-4-5-7-20(16)22-18-10-12-23(13-11-18)15-17-14-19(24-2)8-9-21(17)25-3/h4-9,14,18,22H,10-13,15H2,1-3H3. The molecule has 0 spiro atoms. The van der Waals surface area contributed by atoms with Crippen LogP contribution in [0.15, 0.2) is 42.5 Å². The highest BCUT2D eigenvalue weighted by molar-refractivity contribution is 5.51. The first-order valence-electron chi connectivity index (χ1n) is 8.95. The fraction of sp³-hybridized carbons (Fsp3) is 0.429. The van der Waals surface area contributed by atoms with Gasteiger partial charge < -0.3 is 14.8 Å². The molecule has 0 aliphatic carbocycles. The summed E-state index contributed by atoms with van der Waals surface area (Å²) in [4.78, 5) is 2.49. The van der Waals surface area contributed by atoms with Gasteiger partial charge >= 0.3 is 0 Å². The third-order valence-corrected chi connectivity index (χ3v) is 4.97. The maximum absolute atomic E-state index is 5.51. The molecule has 1 N–H and O–H groups in total. The lowest BCUT2D eigenvalue weighted by atomic mass is 10.0. The number of nitrogens with one attached hydrogen (secondary N) is 1. The van der Waals surface area contributed by atoms with Crippen LogP contribution in [0.2, 0.25) is 0 Å². The normalized spacial score (nSPS) is 15.8. The summed E-state index contributed by atoms with van der Waals surface area (Å²) in [7, 11) is 3.43. The Morgan fingerprint density at radius 2 is 1.80 bits per heavy atom. The van der Waals surface area contributed by atoms with E-state index in [1.54, 1.807) is 14.2 Å². The van der Waals surface area contributed by atoms with Crippen molar-refractivity contribution < 1.29 is 9.47 Å². The largest absolute Gasteiger partial charge is 0.497 e. The average molecular weight is 340 g/mol. The van der Waals surface area contributed by atoms with Crippen LogP contribution in [0.3, 0.4) is 0 Å². The SMILES string of the molecule is COc1ccc(OC)c(CN2CCC(Nc3ccccc3C)CC2)c1. The van der Waals surface area contributed by atoms with Crippen molar-refractivity contribution in [2.45, 2.75) is 32.4 Å². The van der Waals surface area contributed by atoms with Crippen LogP contribution in [-0.2, 0) is 6.54 Å². The zero-order chi connectivity index (χ0) is 17.6. The second-order valence-electron chi connectivity index (χ2n) is 6.69. The number of benzene rings is 2. The van der Waals surface area contributed by atoms with Gasteiger partial charge in [-0.3, -0.25) is 4.90 Å². The minimum Gasteiger partial charge on any atom is -0.497 e. The number of nitrogens with zero attached hydrogens (tertiary/aromatic N) is 1. The Balaban J connectivity index is 1.57. The van der Waals surface area contributed by atoms with Gasteiger partial charge in [0.25, 0.3) is 0 Å². The molecule has 2 aromatic carbocycles. The van der Waals surface area contributed by atoms with Crippen molar-refractivity contribution in [1.29, 1.82) is 0 Å². The van der Waals surface area contributed by atoms with E-state index in [0.717, 1.165) is 44.0 Å². The Morgan fingerprint density at radius 3 is 2.48 bits per heavy atom. The van der Waals surface area contributed by atoms with Crippen LogP contribution in [-0.4, -0.2) is 38.3 Å². The topological polar surface area (TPSA) is 33.7 Å². The van der Waals surface area contributed by atoms with Crippen molar-refractivity contribution in [3.05, 3.63) is 53.6 Å². The lowest BCUT2D eigenvalue weighted by Gasteiger charge is -2.33. The first-order valence-corrected chi connectivity index (χ1v) is 8.95. The van der Waals surface area contributed by atoms with Crippen molar-refractivity contribution in [3.63, 3.8) is 0 Å². The summed E-state index contributed by atoms with van der Waals surface area (Å²) in [5, 5.41) is 3.70. The Hall–Kier alpha value is -2.20. The van der Waals surface area contributed by atoms with E-state index in [1.807, 2.05) is 12.1 Å². The number of hydrogen-bond donors (Lipinski definition) is 1. The lowest BCUT2D eigenvalue weighted by Crippen LogP contribution is -2.38.